The molecule has 0 bridgehead atoms. The molecule has 0 amide bonds. The van der Waals surface area contributed by atoms with E-state index < -0.39 is 152 Å². The molecule has 21 nitrogen and oxygen atoms in total. The Bertz CT molecular complexity index is 2570. The highest BCUT2D eigenvalue weighted by Gasteiger charge is 2.55. The zero-order chi connectivity index (χ0) is 45.0. The monoisotopic (exact) mass is 860 g/mol. The summed E-state index contributed by atoms with van der Waals surface area (Å²) in [6.07, 6.45) is -11.2. The van der Waals surface area contributed by atoms with Crippen molar-refractivity contribution < 1.29 is 103 Å². The summed E-state index contributed by atoms with van der Waals surface area (Å²) in [4.78, 5) is 68.2. The summed E-state index contributed by atoms with van der Waals surface area (Å²) >= 11 is 0. The zero-order valence-corrected chi connectivity index (χ0v) is 31.2. The van der Waals surface area contributed by atoms with Crippen molar-refractivity contribution >= 4 is 29.8 Å². The predicted molar refractivity (Wildman–Crippen MR) is 201 cm³/mol. The van der Waals surface area contributed by atoms with Crippen molar-refractivity contribution in [1.29, 1.82) is 0 Å². The third-order valence-electron chi connectivity index (χ3n) is 8.93. The van der Waals surface area contributed by atoms with E-state index in [0.29, 0.717) is 0 Å². The lowest BCUT2D eigenvalue weighted by Crippen LogP contribution is -2.63. The molecule has 0 saturated carbocycles. The second-order valence-corrected chi connectivity index (χ2v) is 13.2. The smallest absolute Gasteiger partial charge is 0.344 e. The Labute approximate surface area is 346 Å². The standard InChI is InChI=1S/C41H32O21/c42-17-1-6-22(27(47)11-17)36(52)57-16-32-33(59-37(53)23-7-2-18(43)12-28(23)48)34(60-38(54)24-8-3-19(44)13-29(24)49)35(61-39(55)25-9-4-20(45)14-30(25)50)41(58-32)62-40(56)26-10-5-21(46)15-31(26)51/h1-15,32-35,41-51H,16H2/t32?,33-,34?,35-,41?/m1/s1. The Balaban J connectivity index is 1.49. The van der Waals surface area contributed by atoms with E-state index in [1.807, 2.05) is 0 Å². The zero-order valence-electron chi connectivity index (χ0n) is 31.2. The summed E-state index contributed by atoms with van der Waals surface area (Å²) in [6, 6.07) is 13.3. The van der Waals surface area contributed by atoms with E-state index >= 15 is 0 Å². The van der Waals surface area contributed by atoms with E-state index in [1.165, 1.54) is 0 Å². The molecule has 322 valence electrons. The van der Waals surface area contributed by atoms with E-state index in [1.54, 1.807) is 0 Å². The minimum atomic E-state index is -2.35. The number of esters is 5. The van der Waals surface area contributed by atoms with Gasteiger partial charge in [0.15, 0.2) is 12.2 Å². The second-order valence-electron chi connectivity index (χ2n) is 13.2. The maximum absolute atomic E-state index is 13.9. The molecule has 0 radical (unpaired) electrons. The minimum Gasteiger partial charge on any atom is -0.508 e. The summed E-state index contributed by atoms with van der Waals surface area (Å²) in [5.41, 5.74) is -3.09. The molecule has 1 aliphatic rings. The van der Waals surface area contributed by atoms with E-state index in [-0.39, 0.29) is 0 Å². The van der Waals surface area contributed by atoms with Crippen LogP contribution in [0.4, 0.5) is 0 Å². The Morgan fingerprint density at radius 2 is 0.677 bits per heavy atom. The topological polar surface area (TPSA) is 343 Å². The summed E-state index contributed by atoms with van der Waals surface area (Å²) < 4.78 is 33.8. The van der Waals surface area contributed by atoms with Gasteiger partial charge in [0.1, 0.15) is 98.0 Å². The number of ether oxygens (including phenoxy) is 6. The van der Waals surface area contributed by atoms with Crippen LogP contribution in [-0.2, 0) is 28.4 Å². The highest BCUT2D eigenvalue weighted by Crippen LogP contribution is 2.36. The molecule has 1 fully saturated rings. The van der Waals surface area contributed by atoms with Crippen molar-refractivity contribution in [2.24, 2.45) is 0 Å². The van der Waals surface area contributed by atoms with Crippen LogP contribution in [0.5, 0.6) is 57.5 Å². The maximum atomic E-state index is 13.9. The molecule has 3 unspecified atom stereocenters. The number of hydrogen-bond donors (Lipinski definition) is 10. The van der Waals surface area contributed by atoms with E-state index in [0.717, 1.165) is 91.0 Å². The average Bonchev–Trinajstić information content (AvgIpc) is 3.18. The first-order chi connectivity index (χ1) is 29.4. The van der Waals surface area contributed by atoms with Crippen molar-refractivity contribution in [3.8, 4) is 57.5 Å². The van der Waals surface area contributed by atoms with Gasteiger partial charge in [-0.25, -0.2) is 24.0 Å². The number of benzene rings is 5. The molecule has 5 aromatic rings. The second kappa shape index (κ2) is 17.7. The molecule has 6 rings (SSSR count). The van der Waals surface area contributed by atoms with Crippen molar-refractivity contribution in [3.63, 3.8) is 0 Å². The van der Waals surface area contributed by atoms with Crippen LogP contribution in [0.1, 0.15) is 51.8 Å². The van der Waals surface area contributed by atoms with Gasteiger partial charge >= 0.3 is 29.8 Å². The first-order valence-electron chi connectivity index (χ1n) is 17.7. The fraction of sp³-hybridized carbons (Fsp3) is 0.146. The largest absolute Gasteiger partial charge is 0.508 e. The fourth-order valence-corrected chi connectivity index (χ4v) is 5.94. The van der Waals surface area contributed by atoms with Gasteiger partial charge in [0, 0.05) is 30.3 Å². The van der Waals surface area contributed by atoms with Gasteiger partial charge in [-0.3, -0.25) is 0 Å². The van der Waals surface area contributed by atoms with Crippen LogP contribution in [0.25, 0.3) is 0 Å². The van der Waals surface area contributed by atoms with Crippen LogP contribution in [0, 0.1) is 0 Å². The quantitative estimate of drug-likeness (QED) is 0.0673. The minimum absolute atomic E-state index is 0.436. The van der Waals surface area contributed by atoms with Crippen molar-refractivity contribution in [2.75, 3.05) is 6.61 Å². The molecule has 5 aromatic carbocycles. The number of hydrogen-bond acceptors (Lipinski definition) is 21. The summed E-state index contributed by atoms with van der Waals surface area (Å²) in [5, 5.41) is 101. The number of aromatic hydroxyl groups is 10. The number of phenolic OH excluding ortho intramolecular Hbond substituents is 10. The number of carbonyl (C=O) groups is 5. The SMILES string of the molecule is O=C(OCC1OC(OC(=O)c2ccc(O)cc2O)[C@H](OC(=O)c2ccc(O)cc2O)C(OC(=O)c2ccc(O)cc2O)[C@@H]1OC(=O)c1ccc(O)cc1O)c1ccc(O)cc1O. The molecule has 1 heterocycles. The Hall–Kier alpha value is -8.59. The fourth-order valence-electron chi connectivity index (χ4n) is 5.94. The van der Waals surface area contributed by atoms with E-state index in [4.69, 9.17) is 28.4 Å². The number of carbonyl (C=O) groups excluding carboxylic acids is 5. The summed E-state index contributed by atoms with van der Waals surface area (Å²) in [6.45, 7) is -1.07. The summed E-state index contributed by atoms with van der Waals surface area (Å²) in [5.74, 6) is -13.8. The average molecular weight is 861 g/mol. The van der Waals surface area contributed by atoms with Gasteiger partial charge < -0.3 is 79.5 Å². The summed E-state index contributed by atoms with van der Waals surface area (Å²) in [7, 11) is 0. The van der Waals surface area contributed by atoms with Gasteiger partial charge in [-0.05, 0) is 60.7 Å². The highest BCUT2D eigenvalue weighted by molar-refractivity contribution is 5.96. The van der Waals surface area contributed by atoms with Crippen molar-refractivity contribution in [2.45, 2.75) is 30.7 Å². The van der Waals surface area contributed by atoms with Crippen LogP contribution < -0.4 is 0 Å². The first kappa shape index (κ1) is 43.0. The third kappa shape index (κ3) is 9.48. The van der Waals surface area contributed by atoms with Gasteiger partial charge in [-0.1, -0.05) is 0 Å². The van der Waals surface area contributed by atoms with Gasteiger partial charge in [0.05, 0.1) is 0 Å². The molecule has 5 atom stereocenters. The van der Waals surface area contributed by atoms with Crippen LogP contribution >= 0.6 is 0 Å². The van der Waals surface area contributed by atoms with E-state index in [9.17, 15) is 75.0 Å². The maximum Gasteiger partial charge on any atom is 0.344 e. The lowest BCUT2D eigenvalue weighted by Gasteiger charge is -2.43. The van der Waals surface area contributed by atoms with Gasteiger partial charge in [-0.2, -0.15) is 0 Å². The molecule has 1 saturated heterocycles. The number of rotatable bonds is 11. The van der Waals surface area contributed by atoms with Gasteiger partial charge in [0.2, 0.25) is 12.4 Å². The molecule has 0 spiro atoms. The lowest BCUT2D eigenvalue weighted by atomic mass is 9.97. The molecule has 0 aromatic heterocycles. The van der Waals surface area contributed by atoms with Crippen LogP contribution in [0.3, 0.4) is 0 Å². The Morgan fingerprint density at radius 3 is 1.02 bits per heavy atom. The Morgan fingerprint density at radius 1 is 0.387 bits per heavy atom. The van der Waals surface area contributed by atoms with Gasteiger partial charge in [0.25, 0.3) is 0 Å². The van der Waals surface area contributed by atoms with E-state index in [2.05, 4.69) is 0 Å². The highest BCUT2D eigenvalue weighted by atomic mass is 16.7. The molecule has 0 aliphatic carbocycles. The molecular weight excluding hydrogens is 828 g/mol. The lowest BCUT2D eigenvalue weighted by molar-refractivity contribution is -0.283. The van der Waals surface area contributed by atoms with Crippen molar-refractivity contribution in [3.05, 3.63) is 119 Å². The predicted octanol–water partition coefficient (Wildman–Crippen LogP) is 3.16. The molecule has 21 heteroatoms. The normalized spacial score (nSPS) is 18.2. The van der Waals surface area contributed by atoms with Crippen LogP contribution in [-0.4, -0.2) is 118 Å². The molecule has 1 aliphatic heterocycles. The first-order valence-corrected chi connectivity index (χ1v) is 17.7. The molecule has 10 N–H and O–H groups in total. The van der Waals surface area contributed by atoms with Crippen molar-refractivity contribution in [1.82, 2.24) is 0 Å². The molecule has 62 heavy (non-hydrogen) atoms. The van der Waals surface area contributed by atoms with Gasteiger partial charge in [-0.15, -0.1) is 0 Å². The number of phenols is 10. The Kier molecular flexibility index (Phi) is 12.3. The van der Waals surface area contributed by atoms with Crippen LogP contribution in [0.2, 0.25) is 0 Å². The van der Waals surface area contributed by atoms with Crippen LogP contribution in [0.15, 0.2) is 91.0 Å². The molecular formula is C41H32O21. The third-order valence-corrected chi connectivity index (χ3v) is 8.93.